The van der Waals surface area contributed by atoms with Crippen LogP contribution in [0.5, 0.6) is 0 Å². The van der Waals surface area contributed by atoms with Gasteiger partial charge >= 0.3 is 0 Å². The molecule has 0 saturated heterocycles. The van der Waals surface area contributed by atoms with E-state index in [0.717, 1.165) is 12.8 Å². The molecule has 1 aromatic rings. The number of hydrogen-bond acceptors (Lipinski definition) is 3. The number of hydrogen-bond donors (Lipinski definition) is 1. The van der Waals surface area contributed by atoms with Crippen molar-refractivity contribution >= 4 is 5.91 Å². The van der Waals surface area contributed by atoms with Gasteiger partial charge in [0, 0.05) is 6.54 Å². The topological polar surface area (TPSA) is 58.5 Å². The van der Waals surface area contributed by atoms with Crippen molar-refractivity contribution in [3.8, 4) is 0 Å². The lowest BCUT2D eigenvalue weighted by atomic mass is 10.1. The summed E-state index contributed by atoms with van der Waals surface area (Å²) < 4.78 is 0. The number of amides is 1. The van der Waals surface area contributed by atoms with E-state index in [0.29, 0.717) is 12.1 Å². The van der Waals surface area contributed by atoms with Crippen molar-refractivity contribution < 1.29 is 4.79 Å². The van der Waals surface area contributed by atoms with Gasteiger partial charge in [0.25, 0.3) is 5.91 Å². The van der Waals surface area contributed by atoms with E-state index in [-0.39, 0.29) is 5.91 Å². The van der Waals surface area contributed by atoms with Gasteiger partial charge in [-0.05, 0) is 12.0 Å². The first-order valence-corrected chi connectivity index (χ1v) is 6.94. The fourth-order valence-electron chi connectivity index (χ4n) is 1.93. The Balaban J connectivity index is 2.33. The Bertz CT molecular complexity index is 379. The summed E-state index contributed by atoms with van der Waals surface area (Å²) in [6.45, 7) is 2.78. The molecule has 1 unspecified atom stereocenters. The van der Waals surface area contributed by atoms with Crippen LogP contribution in [-0.2, 0) is 4.79 Å². The lowest BCUT2D eigenvalue weighted by Gasteiger charge is -2.10. The number of nitrogens with zero attached hydrogens (tertiary/aromatic N) is 1. The summed E-state index contributed by atoms with van der Waals surface area (Å²) in [6.07, 6.45) is 5.69. The Labute approximate surface area is 114 Å². The highest BCUT2D eigenvalue weighted by Gasteiger charge is 2.20. The van der Waals surface area contributed by atoms with E-state index in [9.17, 15) is 9.70 Å². The molecule has 19 heavy (non-hydrogen) atoms. The molecule has 1 aromatic carbocycles. The molecular formula is C15H22N2O2. The highest BCUT2D eigenvalue weighted by Crippen LogP contribution is 2.16. The van der Waals surface area contributed by atoms with Gasteiger partial charge < -0.3 is 5.32 Å². The first-order valence-electron chi connectivity index (χ1n) is 6.94. The van der Waals surface area contributed by atoms with Crippen molar-refractivity contribution in [1.82, 2.24) is 5.32 Å². The van der Waals surface area contributed by atoms with Gasteiger partial charge in [0.05, 0.1) is 0 Å². The number of unbranched alkanes of at least 4 members (excludes halogenated alkanes) is 4. The van der Waals surface area contributed by atoms with Crippen LogP contribution < -0.4 is 5.32 Å². The third-order valence-electron chi connectivity index (χ3n) is 3.05. The maximum Gasteiger partial charge on any atom is 0.253 e. The van der Waals surface area contributed by atoms with Gasteiger partial charge in [-0.25, -0.2) is 0 Å². The average molecular weight is 262 g/mol. The molecule has 0 aliphatic rings. The van der Waals surface area contributed by atoms with Crippen LogP contribution in [0, 0.1) is 4.91 Å². The summed E-state index contributed by atoms with van der Waals surface area (Å²) in [6, 6.07) is 7.99. The molecule has 1 rings (SSSR count). The Morgan fingerprint density at radius 3 is 2.47 bits per heavy atom. The number of benzene rings is 1. The zero-order valence-electron chi connectivity index (χ0n) is 11.5. The minimum Gasteiger partial charge on any atom is -0.354 e. The van der Waals surface area contributed by atoms with Crippen LogP contribution in [-0.4, -0.2) is 12.5 Å². The van der Waals surface area contributed by atoms with Crippen LogP contribution in [0.25, 0.3) is 0 Å². The molecule has 0 saturated carbocycles. The molecule has 104 valence electrons. The van der Waals surface area contributed by atoms with E-state index in [1.807, 2.05) is 6.07 Å². The molecule has 0 radical (unpaired) electrons. The zero-order chi connectivity index (χ0) is 13.9. The molecule has 0 aliphatic carbocycles. The smallest absolute Gasteiger partial charge is 0.253 e. The summed E-state index contributed by atoms with van der Waals surface area (Å²) >= 11 is 0. The minimum absolute atomic E-state index is 0.309. The predicted octanol–water partition coefficient (Wildman–Crippen LogP) is 3.58. The van der Waals surface area contributed by atoms with E-state index >= 15 is 0 Å². The molecule has 1 amide bonds. The Hall–Kier alpha value is -1.71. The number of nitrogens with one attached hydrogen (secondary N) is 1. The zero-order valence-corrected chi connectivity index (χ0v) is 11.5. The molecule has 0 bridgehead atoms. The molecule has 0 heterocycles. The predicted molar refractivity (Wildman–Crippen MR) is 76.7 cm³/mol. The molecule has 0 aromatic heterocycles. The lowest BCUT2D eigenvalue weighted by Crippen LogP contribution is -2.29. The van der Waals surface area contributed by atoms with Gasteiger partial charge in [-0.15, -0.1) is 4.91 Å². The largest absolute Gasteiger partial charge is 0.354 e. The Morgan fingerprint density at radius 1 is 1.16 bits per heavy atom. The van der Waals surface area contributed by atoms with Gasteiger partial charge in [0.1, 0.15) is 0 Å². The highest BCUT2D eigenvalue weighted by atomic mass is 16.3. The second kappa shape index (κ2) is 9.25. The summed E-state index contributed by atoms with van der Waals surface area (Å²) in [5.41, 5.74) is 0.640. The SMILES string of the molecule is CCCCCCCNC(=O)C(N=O)c1ccccc1. The lowest BCUT2D eigenvalue weighted by molar-refractivity contribution is -0.122. The van der Waals surface area contributed by atoms with Gasteiger partial charge in [-0.3, -0.25) is 4.79 Å². The molecule has 4 heteroatoms. The molecule has 1 N–H and O–H groups in total. The van der Waals surface area contributed by atoms with E-state index in [1.54, 1.807) is 24.3 Å². The monoisotopic (exact) mass is 262 g/mol. The van der Waals surface area contributed by atoms with E-state index in [4.69, 9.17) is 0 Å². The molecule has 0 fully saturated rings. The van der Waals surface area contributed by atoms with Crippen LogP contribution in [0.4, 0.5) is 0 Å². The number of carbonyl (C=O) groups excluding carboxylic acids is 1. The van der Waals surface area contributed by atoms with Crippen LogP contribution in [0.3, 0.4) is 0 Å². The second-order valence-electron chi connectivity index (χ2n) is 4.62. The van der Waals surface area contributed by atoms with Gasteiger partial charge in [-0.1, -0.05) is 68.1 Å². The van der Waals surface area contributed by atoms with E-state index < -0.39 is 6.04 Å². The summed E-state index contributed by atoms with van der Waals surface area (Å²) in [5, 5.41) is 5.70. The minimum atomic E-state index is -0.933. The summed E-state index contributed by atoms with van der Waals surface area (Å²) in [4.78, 5) is 22.7. The fraction of sp³-hybridized carbons (Fsp3) is 0.533. The first-order chi connectivity index (χ1) is 9.29. The fourth-order valence-corrected chi connectivity index (χ4v) is 1.93. The van der Waals surface area contributed by atoms with Crippen LogP contribution in [0.15, 0.2) is 35.5 Å². The quantitative estimate of drug-likeness (QED) is 0.546. The van der Waals surface area contributed by atoms with Crippen LogP contribution in [0.1, 0.15) is 50.6 Å². The normalized spacial score (nSPS) is 11.8. The van der Waals surface area contributed by atoms with Crippen molar-refractivity contribution in [2.75, 3.05) is 6.54 Å². The molecule has 1 atom stereocenters. The average Bonchev–Trinajstić information content (AvgIpc) is 2.45. The van der Waals surface area contributed by atoms with Crippen molar-refractivity contribution in [3.05, 3.63) is 40.8 Å². The third-order valence-corrected chi connectivity index (χ3v) is 3.05. The van der Waals surface area contributed by atoms with Crippen molar-refractivity contribution in [3.63, 3.8) is 0 Å². The third kappa shape index (κ3) is 5.64. The Morgan fingerprint density at radius 2 is 1.84 bits per heavy atom. The van der Waals surface area contributed by atoms with Crippen molar-refractivity contribution in [2.45, 2.75) is 45.1 Å². The molecule has 0 spiro atoms. The Kier molecular flexibility index (Phi) is 7.47. The number of rotatable bonds is 9. The van der Waals surface area contributed by atoms with Crippen molar-refractivity contribution in [2.24, 2.45) is 5.18 Å². The standard InChI is InChI=1S/C15H22N2O2/c1-2-3-4-5-9-12-16-15(18)14(17-19)13-10-7-6-8-11-13/h6-8,10-11,14H,2-5,9,12H2,1H3,(H,16,18). The van der Waals surface area contributed by atoms with Crippen molar-refractivity contribution in [1.29, 1.82) is 0 Å². The number of carbonyl (C=O) groups is 1. The van der Waals surface area contributed by atoms with E-state index in [1.165, 1.54) is 19.3 Å². The van der Waals surface area contributed by atoms with Gasteiger partial charge in [0.15, 0.2) is 6.04 Å². The maximum atomic E-state index is 11.9. The van der Waals surface area contributed by atoms with E-state index in [2.05, 4.69) is 17.4 Å². The molecular weight excluding hydrogens is 240 g/mol. The summed E-state index contributed by atoms with van der Waals surface area (Å²) in [5.74, 6) is -0.309. The van der Waals surface area contributed by atoms with Crippen LogP contribution >= 0.6 is 0 Å². The molecule has 4 nitrogen and oxygen atoms in total. The highest BCUT2D eigenvalue weighted by molar-refractivity contribution is 5.83. The summed E-state index contributed by atoms with van der Waals surface area (Å²) in [7, 11) is 0. The van der Waals surface area contributed by atoms with Gasteiger partial charge in [0.2, 0.25) is 0 Å². The molecule has 0 aliphatic heterocycles. The second-order valence-corrected chi connectivity index (χ2v) is 4.62. The first kappa shape index (κ1) is 15.3. The number of nitroso groups, excluding NO2 is 1. The van der Waals surface area contributed by atoms with Gasteiger partial charge in [-0.2, -0.15) is 0 Å². The maximum absolute atomic E-state index is 11.9. The van der Waals surface area contributed by atoms with Crippen LogP contribution in [0.2, 0.25) is 0 Å².